The topological polar surface area (TPSA) is 84.3 Å². The van der Waals surface area contributed by atoms with Crippen molar-refractivity contribution in [3.8, 4) is 0 Å². The number of rotatable bonds is 5. The minimum Gasteiger partial charge on any atom is -0.306 e. The highest BCUT2D eigenvalue weighted by Gasteiger charge is 2.29. The van der Waals surface area contributed by atoms with Crippen molar-refractivity contribution in [3.63, 3.8) is 0 Å². The van der Waals surface area contributed by atoms with Crippen LogP contribution in [0, 0.1) is 6.92 Å². The summed E-state index contributed by atoms with van der Waals surface area (Å²) in [7, 11) is -3.66. The summed E-state index contributed by atoms with van der Waals surface area (Å²) < 4.78 is 29.3. The van der Waals surface area contributed by atoms with E-state index in [1.165, 1.54) is 33.6 Å². The molecule has 0 radical (unpaired) electrons. The molecule has 5 rings (SSSR count). The van der Waals surface area contributed by atoms with Crippen molar-refractivity contribution in [1.29, 1.82) is 0 Å². The Hall–Kier alpha value is -2.68. The van der Waals surface area contributed by atoms with Crippen molar-refractivity contribution in [2.45, 2.75) is 50.0 Å². The molecule has 9 heteroatoms. The third-order valence-corrected chi connectivity index (χ3v) is 8.95. The summed E-state index contributed by atoms with van der Waals surface area (Å²) in [6.45, 7) is 2.88. The van der Waals surface area contributed by atoms with Gasteiger partial charge in [0.05, 0.1) is 27.7 Å². The van der Waals surface area contributed by atoms with E-state index in [1.807, 2.05) is 23.7 Å². The predicted molar refractivity (Wildman–Crippen MR) is 132 cm³/mol. The van der Waals surface area contributed by atoms with Crippen LogP contribution in [-0.2, 0) is 16.4 Å². The Bertz CT molecular complexity index is 1350. The number of aromatic nitrogens is 2. The number of amides is 1. The van der Waals surface area contributed by atoms with Crippen LogP contribution in [-0.4, -0.2) is 41.5 Å². The van der Waals surface area contributed by atoms with Gasteiger partial charge in [0.25, 0.3) is 5.91 Å². The summed E-state index contributed by atoms with van der Waals surface area (Å²) in [5.41, 5.74) is 3.46. The van der Waals surface area contributed by atoms with Gasteiger partial charge in [-0.3, -0.25) is 4.79 Å². The maximum atomic E-state index is 13.3. The van der Waals surface area contributed by atoms with Gasteiger partial charge in [-0.1, -0.05) is 35.9 Å². The number of nitrogens with one attached hydrogen (secondary N) is 1. The molecular weight excluding hydrogens is 472 g/mol. The number of fused-ring (bicyclic) bond motifs is 1. The van der Waals surface area contributed by atoms with E-state index in [2.05, 4.69) is 22.5 Å². The molecule has 2 aliphatic rings. The zero-order chi connectivity index (χ0) is 23.9. The van der Waals surface area contributed by atoms with Gasteiger partial charge in [-0.25, -0.2) is 13.1 Å². The normalized spacial score (nSPS) is 18.6. The van der Waals surface area contributed by atoms with Crippen molar-refractivity contribution in [1.82, 2.24) is 14.1 Å². The van der Waals surface area contributed by atoms with Crippen LogP contribution in [0.3, 0.4) is 0 Å². The number of nitrogens with zero attached hydrogens (tertiary/aromatic N) is 3. The number of anilines is 1. The number of sulfonamides is 1. The predicted octanol–water partition coefficient (Wildman–Crippen LogP) is 4.81. The largest absolute Gasteiger partial charge is 0.306 e. The minimum absolute atomic E-state index is 0.0197. The van der Waals surface area contributed by atoms with Crippen LogP contribution in [0.1, 0.15) is 58.8 Å². The number of carbonyl (C=O) groups excluding carboxylic acids is 1. The highest BCUT2D eigenvalue weighted by atomic mass is 35.5. The van der Waals surface area contributed by atoms with E-state index in [0.29, 0.717) is 18.9 Å². The second kappa shape index (κ2) is 9.17. The average Bonchev–Trinajstić information content (AvgIpc) is 3.50. The number of hydrogen-bond donors (Lipinski definition) is 1. The molecule has 7 nitrogen and oxygen atoms in total. The van der Waals surface area contributed by atoms with Gasteiger partial charge < -0.3 is 5.32 Å². The average molecular weight is 499 g/mol. The van der Waals surface area contributed by atoms with E-state index in [1.54, 1.807) is 6.20 Å². The van der Waals surface area contributed by atoms with E-state index >= 15 is 0 Å². The molecule has 0 saturated carbocycles. The monoisotopic (exact) mass is 498 g/mol. The van der Waals surface area contributed by atoms with Crippen molar-refractivity contribution < 1.29 is 13.2 Å². The molecule has 0 bridgehead atoms. The molecule has 1 aliphatic heterocycles. The standard InChI is InChI=1S/C25H27ClN4O3S/c1-17-16-27-30(23-10-6-8-18-7-2-3-9-20(18)23)24(17)28-25(31)21-15-19(11-12-22(21)26)34(32,33)29-13-4-5-14-29/h2-3,7,9,11-12,15-16,23H,4-6,8,10,13-14H2,1H3,(H,28,31). The zero-order valence-electron chi connectivity index (χ0n) is 19.0. The highest BCUT2D eigenvalue weighted by Crippen LogP contribution is 2.35. The molecule has 1 atom stereocenters. The number of halogens is 1. The van der Waals surface area contributed by atoms with Crippen molar-refractivity contribution in [3.05, 3.63) is 75.9 Å². The Morgan fingerprint density at radius 1 is 1.12 bits per heavy atom. The lowest BCUT2D eigenvalue weighted by atomic mass is 9.88. The van der Waals surface area contributed by atoms with E-state index in [0.717, 1.165) is 37.7 Å². The van der Waals surface area contributed by atoms with Crippen molar-refractivity contribution in [2.24, 2.45) is 0 Å². The lowest BCUT2D eigenvalue weighted by Crippen LogP contribution is -2.28. The first-order valence-corrected chi connectivity index (χ1v) is 13.4. The molecule has 0 spiro atoms. The molecule has 2 aromatic carbocycles. The van der Waals surface area contributed by atoms with Gasteiger partial charge in [0.1, 0.15) is 5.82 Å². The molecule has 34 heavy (non-hydrogen) atoms. The number of aryl methyl sites for hydroxylation is 2. The van der Waals surface area contributed by atoms with Crippen molar-refractivity contribution >= 4 is 33.3 Å². The van der Waals surface area contributed by atoms with Crippen LogP contribution in [0.25, 0.3) is 0 Å². The number of hydrogen-bond acceptors (Lipinski definition) is 4. The minimum atomic E-state index is -3.66. The van der Waals surface area contributed by atoms with Crippen LogP contribution in [0.4, 0.5) is 5.82 Å². The van der Waals surface area contributed by atoms with Gasteiger partial charge in [0.2, 0.25) is 10.0 Å². The lowest BCUT2D eigenvalue weighted by Gasteiger charge is -2.27. The van der Waals surface area contributed by atoms with Crippen LogP contribution in [0.2, 0.25) is 5.02 Å². The first-order chi connectivity index (χ1) is 16.4. The summed E-state index contributed by atoms with van der Waals surface area (Å²) in [6, 6.07) is 12.7. The Labute approximate surface area is 204 Å². The Morgan fingerprint density at radius 3 is 2.68 bits per heavy atom. The Kier molecular flexibility index (Phi) is 6.22. The van der Waals surface area contributed by atoms with Gasteiger partial charge in [-0.15, -0.1) is 0 Å². The molecule has 1 saturated heterocycles. The van der Waals surface area contributed by atoms with Gasteiger partial charge in [0, 0.05) is 18.7 Å². The Balaban J connectivity index is 1.46. The van der Waals surface area contributed by atoms with Gasteiger partial charge in [-0.05, 0) is 68.4 Å². The maximum absolute atomic E-state index is 13.3. The van der Waals surface area contributed by atoms with Crippen LogP contribution >= 0.6 is 11.6 Å². The first-order valence-electron chi connectivity index (χ1n) is 11.6. The zero-order valence-corrected chi connectivity index (χ0v) is 20.6. The maximum Gasteiger partial charge on any atom is 0.258 e. The summed E-state index contributed by atoms with van der Waals surface area (Å²) in [5.74, 6) is 0.132. The summed E-state index contributed by atoms with van der Waals surface area (Å²) >= 11 is 6.34. The fraction of sp³-hybridized carbons (Fsp3) is 0.360. The highest BCUT2D eigenvalue weighted by molar-refractivity contribution is 7.89. The fourth-order valence-electron chi connectivity index (χ4n) is 4.91. The third-order valence-electron chi connectivity index (χ3n) is 6.73. The third kappa shape index (κ3) is 4.15. The molecule has 1 aliphatic carbocycles. The van der Waals surface area contributed by atoms with Gasteiger partial charge in [0.15, 0.2) is 0 Å². The summed E-state index contributed by atoms with van der Waals surface area (Å²) in [4.78, 5) is 13.4. The quantitative estimate of drug-likeness (QED) is 0.547. The summed E-state index contributed by atoms with van der Waals surface area (Å²) in [5, 5.41) is 7.74. The Morgan fingerprint density at radius 2 is 1.88 bits per heavy atom. The first kappa shape index (κ1) is 23.1. The molecule has 1 unspecified atom stereocenters. The van der Waals surface area contributed by atoms with Crippen LogP contribution in [0.5, 0.6) is 0 Å². The summed E-state index contributed by atoms with van der Waals surface area (Å²) in [6.07, 6.45) is 6.41. The molecule has 178 valence electrons. The van der Waals surface area contributed by atoms with Gasteiger partial charge >= 0.3 is 0 Å². The smallest absolute Gasteiger partial charge is 0.258 e. The number of carbonyl (C=O) groups is 1. The molecular formula is C25H27ClN4O3S. The second-order valence-corrected chi connectivity index (χ2v) is 11.3. The van der Waals surface area contributed by atoms with E-state index in [4.69, 9.17) is 11.6 Å². The van der Waals surface area contributed by atoms with Crippen molar-refractivity contribution in [2.75, 3.05) is 18.4 Å². The second-order valence-electron chi connectivity index (χ2n) is 8.93. The molecule has 3 aromatic rings. The lowest BCUT2D eigenvalue weighted by molar-refractivity contribution is 0.102. The molecule has 1 amide bonds. The van der Waals surface area contributed by atoms with Gasteiger partial charge in [-0.2, -0.15) is 9.40 Å². The molecule has 1 N–H and O–H groups in total. The van der Waals surface area contributed by atoms with E-state index in [9.17, 15) is 13.2 Å². The fourth-order valence-corrected chi connectivity index (χ4v) is 6.66. The van der Waals surface area contributed by atoms with E-state index < -0.39 is 15.9 Å². The SMILES string of the molecule is Cc1cnn(C2CCCc3ccccc32)c1NC(=O)c1cc(S(=O)(=O)N2CCCC2)ccc1Cl. The molecule has 1 fully saturated rings. The number of benzene rings is 2. The van der Waals surface area contributed by atoms with Crippen LogP contribution < -0.4 is 5.32 Å². The van der Waals surface area contributed by atoms with Crippen LogP contribution in [0.15, 0.2) is 53.6 Å². The van der Waals surface area contributed by atoms with E-state index in [-0.39, 0.29) is 21.5 Å². The molecule has 1 aromatic heterocycles. The molecule has 2 heterocycles.